The highest BCUT2D eigenvalue weighted by atomic mass is 32.2. The van der Waals surface area contributed by atoms with Gasteiger partial charge in [0.15, 0.2) is 11.0 Å². The number of likely N-dealkylation sites (N-methyl/N-ethyl adjacent to an activating group) is 1. The molecule has 0 atom stereocenters. The van der Waals surface area contributed by atoms with Crippen molar-refractivity contribution in [3.05, 3.63) is 83.0 Å². The molecule has 0 bridgehead atoms. The first kappa shape index (κ1) is 23.7. The van der Waals surface area contributed by atoms with Crippen LogP contribution in [0.4, 0.5) is 4.39 Å². The third kappa shape index (κ3) is 5.32. The van der Waals surface area contributed by atoms with Crippen molar-refractivity contribution in [3.63, 3.8) is 0 Å². The maximum absolute atomic E-state index is 13.5. The van der Waals surface area contributed by atoms with Gasteiger partial charge in [-0.25, -0.2) is 4.39 Å². The lowest BCUT2D eigenvalue weighted by Gasteiger charge is -2.34. The number of benzene rings is 2. The summed E-state index contributed by atoms with van der Waals surface area (Å²) < 4.78 is 15.5. The van der Waals surface area contributed by atoms with Crippen LogP contribution in [0.2, 0.25) is 0 Å². The van der Waals surface area contributed by atoms with Crippen molar-refractivity contribution < 1.29 is 9.18 Å². The van der Waals surface area contributed by atoms with E-state index in [-0.39, 0.29) is 11.7 Å². The minimum Gasteiger partial charge on any atom is -0.336 e. The average molecular weight is 508 g/mol. The highest BCUT2D eigenvalue weighted by molar-refractivity contribution is 7.98. The molecule has 0 unspecified atom stereocenters. The van der Waals surface area contributed by atoms with Crippen LogP contribution in [-0.4, -0.2) is 63.2 Å². The first-order chi connectivity index (χ1) is 17.1. The summed E-state index contributed by atoms with van der Waals surface area (Å²) in [5.41, 5.74) is 2.62. The topological polar surface area (TPSA) is 54.3 Å². The molecule has 1 fully saturated rings. The summed E-state index contributed by atoms with van der Waals surface area (Å²) >= 11 is 3.15. The Kier molecular flexibility index (Phi) is 7.26. The van der Waals surface area contributed by atoms with E-state index in [9.17, 15) is 9.18 Å². The Bertz CT molecular complexity index is 1260. The van der Waals surface area contributed by atoms with Crippen LogP contribution in [0.5, 0.6) is 0 Å². The number of thioether (sulfide) groups is 1. The Morgan fingerprint density at radius 1 is 1.00 bits per heavy atom. The standard InChI is InChI=1S/C26H26FN5OS2/c1-2-30-13-15-31(16-14-30)25(33)20-7-5-19(6-8-20)18-35-26-29-28-24(23-4-3-17-34-23)32(26)22-11-9-21(27)10-12-22/h3-12,17H,2,13-16,18H2,1H3. The van der Waals surface area contributed by atoms with Gasteiger partial charge in [-0.3, -0.25) is 9.36 Å². The van der Waals surface area contributed by atoms with E-state index in [1.165, 1.54) is 12.1 Å². The number of hydrogen-bond donors (Lipinski definition) is 0. The van der Waals surface area contributed by atoms with Gasteiger partial charge in [0.1, 0.15) is 5.82 Å². The smallest absolute Gasteiger partial charge is 0.253 e. The molecule has 35 heavy (non-hydrogen) atoms. The molecule has 9 heteroatoms. The maximum atomic E-state index is 13.5. The second-order valence-corrected chi connectivity index (χ2v) is 10.2. The highest BCUT2D eigenvalue weighted by Crippen LogP contribution is 2.32. The number of amides is 1. The first-order valence-electron chi connectivity index (χ1n) is 11.6. The zero-order valence-corrected chi connectivity index (χ0v) is 21.1. The lowest BCUT2D eigenvalue weighted by atomic mass is 10.1. The van der Waals surface area contributed by atoms with Crippen molar-refractivity contribution in [3.8, 4) is 16.4 Å². The summed E-state index contributed by atoms with van der Waals surface area (Å²) in [5.74, 6) is 1.22. The van der Waals surface area contributed by atoms with E-state index in [0.29, 0.717) is 5.75 Å². The van der Waals surface area contributed by atoms with Crippen LogP contribution in [0.3, 0.4) is 0 Å². The molecule has 180 valence electrons. The zero-order valence-electron chi connectivity index (χ0n) is 19.4. The predicted octanol–water partition coefficient (Wildman–Crippen LogP) is 5.20. The van der Waals surface area contributed by atoms with Crippen molar-refractivity contribution in [2.45, 2.75) is 17.8 Å². The SMILES string of the molecule is CCN1CCN(C(=O)c2ccc(CSc3nnc(-c4cccs4)n3-c3ccc(F)cc3)cc2)CC1. The van der Waals surface area contributed by atoms with Gasteiger partial charge in [-0.05, 0) is 60.0 Å². The average Bonchev–Trinajstić information content (AvgIpc) is 3.58. The number of piperazine rings is 1. The third-order valence-corrected chi connectivity index (χ3v) is 8.00. The van der Waals surface area contributed by atoms with Crippen LogP contribution >= 0.6 is 23.1 Å². The predicted molar refractivity (Wildman–Crippen MR) is 139 cm³/mol. The number of hydrogen-bond acceptors (Lipinski definition) is 6. The third-order valence-electron chi connectivity index (χ3n) is 6.14. The molecule has 0 radical (unpaired) electrons. The van der Waals surface area contributed by atoms with Crippen LogP contribution < -0.4 is 0 Å². The molecular formula is C26H26FN5OS2. The number of nitrogens with zero attached hydrogens (tertiary/aromatic N) is 5. The monoisotopic (exact) mass is 507 g/mol. The second kappa shape index (κ2) is 10.7. The van der Waals surface area contributed by atoms with E-state index in [2.05, 4.69) is 22.0 Å². The van der Waals surface area contributed by atoms with Crippen molar-refractivity contribution >= 4 is 29.0 Å². The van der Waals surface area contributed by atoms with Gasteiger partial charge in [0.25, 0.3) is 5.91 Å². The molecule has 0 N–H and O–H groups in total. The minimum absolute atomic E-state index is 0.0941. The molecule has 2 aromatic heterocycles. The fraction of sp³-hybridized carbons (Fsp3) is 0.269. The number of aromatic nitrogens is 3. The van der Waals surface area contributed by atoms with E-state index in [4.69, 9.17) is 0 Å². The Morgan fingerprint density at radius 3 is 2.40 bits per heavy atom. The van der Waals surface area contributed by atoms with Crippen LogP contribution in [-0.2, 0) is 5.75 Å². The van der Waals surface area contributed by atoms with E-state index < -0.39 is 0 Å². The molecule has 1 amide bonds. The Hall–Kier alpha value is -3.01. The summed E-state index contributed by atoms with van der Waals surface area (Å²) in [5, 5.41) is 11.6. The van der Waals surface area contributed by atoms with Gasteiger partial charge in [-0.15, -0.1) is 21.5 Å². The van der Waals surface area contributed by atoms with E-state index in [1.807, 2.05) is 51.2 Å². The highest BCUT2D eigenvalue weighted by Gasteiger charge is 2.21. The molecule has 0 aliphatic carbocycles. The summed E-state index contributed by atoms with van der Waals surface area (Å²) in [7, 11) is 0. The molecule has 1 saturated heterocycles. The van der Waals surface area contributed by atoms with Gasteiger partial charge in [0, 0.05) is 43.2 Å². The van der Waals surface area contributed by atoms with Crippen molar-refractivity contribution in [1.82, 2.24) is 24.6 Å². The van der Waals surface area contributed by atoms with Crippen molar-refractivity contribution in [1.29, 1.82) is 0 Å². The van der Waals surface area contributed by atoms with Crippen LogP contribution in [0.15, 0.2) is 71.2 Å². The molecule has 3 heterocycles. The van der Waals surface area contributed by atoms with E-state index in [0.717, 1.165) is 65.4 Å². The van der Waals surface area contributed by atoms with Crippen LogP contribution in [0.25, 0.3) is 16.4 Å². The van der Waals surface area contributed by atoms with Gasteiger partial charge in [0.2, 0.25) is 0 Å². The number of carbonyl (C=O) groups excluding carboxylic acids is 1. The van der Waals surface area contributed by atoms with E-state index >= 15 is 0 Å². The van der Waals surface area contributed by atoms with Gasteiger partial charge >= 0.3 is 0 Å². The molecule has 2 aromatic carbocycles. The minimum atomic E-state index is -0.282. The van der Waals surface area contributed by atoms with Gasteiger partial charge in [-0.1, -0.05) is 36.9 Å². The Labute approximate surface area is 212 Å². The summed E-state index contributed by atoms with van der Waals surface area (Å²) in [4.78, 5) is 18.2. The first-order valence-corrected chi connectivity index (χ1v) is 13.5. The van der Waals surface area contributed by atoms with E-state index in [1.54, 1.807) is 35.2 Å². The number of carbonyl (C=O) groups is 1. The Morgan fingerprint density at radius 2 is 1.74 bits per heavy atom. The molecular weight excluding hydrogens is 481 g/mol. The summed E-state index contributed by atoms with van der Waals surface area (Å²) in [6, 6.07) is 18.2. The Balaban J connectivity index is 1.30. The molecule has 5 rings (SSSR count). The summed E-state index contributed by atoms with van der Waals surface area (Å²) in [6.45, 7) is 6.58. The lowest BCUT2D eigenvalue weighted by molar-refractivity contribution is 0.0643. The lowest BCUT2D eigenvalue weighted by Crippen LogP contribution is -2.48. The number of halogens is 1. The zero-order chi connectivity index (χ0) is 24.2. The number of rotatable bonds is 7. The molecule has 0 spiro atoms. The second-order valence-electron chi connectivity index (χ2n) is 8.31. The fourth-order valence-electron chi connectivity index (χ4n) is 4.09. The molecule has 1 aliphatic heterocycles. The molecule has 0 saturated carbocycles. The quantitative estimate of drug-likeness (QED) is 0.322. The fourth-order valence-corrected chi connectivity index (χ4v) is 5.70. The summed E-state index contributed by atoms with van der Waals surface area (Å²) in [6.07, 6.45) is 0. The maximum Gasteiger partial charge on any atom is 0.253 e. The van der Waals surface area contributed by atoms with Gasteiger partial charge < -0.3 is 9.80 Å². The van der Waals surface area contributed by atoms with Crippen molar-refractivity contribution in [2.75, 3.05) is 32.7 Å². The molecule has 6 nitrogen and oxygen atoms in total. The normalized spacial score (nSPS) is 14.4. The molecule has 1 aliphatic rings. The van der Waals surface area contributed by atoms with Gasteiger partial charge in [0.05, 0.1) is 4.88 Å². The van der Waals surface area contributed by atoms with Crippen molar-refractivity contribution in [2.24, 2.45) is 0 Å². The molecule has 4 aromatic rings. The largest absolute Gasteiger partial charge is 0.336 e. The van der Waals surface area contributed by atoms with Crippen LogP contribution in [0.1, 0.15) is 22.8 Å². The van der Waals surface area contributed by atoms with Gasteiger partial charge in [-0.2, -0.15) is 0 Å². The van der Waals surface area contributed by atoms with Crippen LogP contribution in [0, 0.1) is 5.82 Å². The number of thiophene rings is 1.